The van der Waals surface area contributed by atoms with Gasteiger partial charge >= 0.3 is 0 Å². The molecule has 2 N–H and O–H groups in total. The number of anilines is 1. The van der Waals surface area contributed by atoms with Gasteiger partial charge in [0, 0.05) is 12.4 Å². The maximum absolute atomic E-state index is 12.2. The average molecular weight is 255 g/mol. The van der Waals surface area contributed by atoms with Gasteiger partial charge in [-0.3, -0.25) is 9.69 Å². The summed E-state index contributed by atoms with van der Waals surface area (Å²) in [6, 6.07) is 3.17. The predicted molar refractivity (Wildman–Crippen MR) is 74.0 cm³/mol. The number of carbonyl (C=O) groups is 1. The fraction of sp³-hybridized carbons (Fsp3) is 0.500. The molecule has 1 aromatic rings. The molecular weight excluding hydrogens is 228 g/mol. The van der Waals surface area contributed by atoms with Crippen molar-refractivity contribution in [3.8, 4) is 5.75 Å². The molecule has 0 unspecified atom stereocenters. The van der Waals surface area contributed by atoms with Crippen LogP contribution in [-0.2, 0) is 4.79 Å². The van der Waals surface area contributed by atoms with Crippen molar-refractivity contribution in [1.82, 2.24) is 4.90 Å². The number of carbonyl (C=O) groups excluding carboxylic acids is 1. The normalized spacial score (nSPS) is 16.3. The Morgan fingerprint density at radius 2 is 2.28 bits per heavy atom. The van der Waals surface area contributed by atoms with Crippen molar-refractivity contribution in [3.63, 3.8) is 0 Å². The molecule has 4 heteroatoms. The third-order valence-corrected chi connectivity index (χ3v) is 2.78. The first kappa shape index (κ1) is 8.53. The highest BCUT2D eigenvalue weighted by Gasteiger charge is 2.12. The maximum Gasteiger partial charge on any atom is 0.238 e. The third-order valence-electron chi connectivity index (χ3n) is 2.78. The minimum atomic E-state index is -2.86. The first-order valence-corrected chi connectivity index (χ1v) is 5.76. The van der Waals surface area contributed by atoms with Gasteiger partial charge in [0.2, 0.25) is 5.91 Å². The second-order valence-electron chi connectivity index (χ2n) is 4.08. The quantitative estimate of drug-likeness (QED) is 0.848. The largest absolute Gasteiger partial charge is 0.508 e. The van der Waals surface area contributed by atoms with E-state index in [4.69, 9.17) is 6.85 Å². The number of amides is 1. The van der Waals surface area contributed by atoms with Crippen molar-refractivity contribution in [2.24, 2.45) is 0 Å². The summed E-state index contributed by atoms with van der Waals surface area (Å²) in [5.41, 5.74) is 1.69. The zero-order valence-corrected chi connectivity index (χ0v) is 10.9. The van der Waals surface area contributed by atoms with Gasteiger partial charge in [0.1, 0.15) is 5.75 Å². The number of benzene rings is 1. The molecule has 100 valence electrons. The number of hydrogen-bond donors (Lipinski definition) is 2. The summed E-state index contributed by atoms with van der Waals surface area (Å²) in [6.07, 6.45) is 0. The Kier molecular flexibility index (Phi) is 3.03. The molecule has 0 aromatic heterocycles. The number of nitrogens with one attached hydrogen (secondary N) is 1. The SMILES string of the molecule is [2H]C([2H])([2H])C([2H])([2H])N(CC)CC(=O)Nc1c(C)ccc(O)c1C. The molecule has 18 heavy (non-hydrogen) atoms. The van der Waals surface area contributed by atoms with Crippen LogP contribution in [0.4, 0.5) is 5.69 Å². The van der Waals surface area contributed by atoms with Gasteiger partial charge in [0.05, 0.1) is 12.2 Å². The summed E-state index contributed by atoms with van der Waals surface area (Å²) in [5.74, 6) is -0.507. The Labute approximate surface area is 116 Å². The molecule has 1 rings (SSSR count). The summed E-state index contributed by atoms with van der Waals surface area (Å²) in [5, 5.41) is 12.3. The van der Waals surface area contributed by atoms with E-state index in [0.29, 0.717) is 11.3 Å². The number of aromatic hydroxyl groups is 1. The molecule has 0 aliphatic carbocycles. The topological polar surface area (TPSA) is 52.6 Å². The predicted octanol–water partition coefficient (Wildman–Crippen LogP) is 2.29. The van der Waals surface area contributed by atoms with Crippen LogP contribution in [0, 0.1) is 13.8 Å². The van der Waals surface area contributed by atoms with Crippen molar-refractivity contribution < 1.29 is 16.8 Å². The molecule has 0 aliphatic rings. The van der Waals surface area contributed by atoms with Crippen LogP contribution in [0.15, 0.2) is 12.1 Å². The second kappa shape index (κ2) is 6.40. The van der Waals surface area contributed by atoms with E-state index >= 15 is 0 Å². The minimum Gasteiger partial charge on any atom is -0.508 e. The van der Waals surface area contributed by atoms with Crippen LogP contribution in [0.3, 0.4) is 0 Å². The van der Waals surface area contributed by atoms with Gasteiger partial charge in [0.25, 0.3) is 0 Å². The lowest BCUT2D eigenvalue weighted by atomic mass is 10.1. The van der Waals surface area contributed by atoms with Gasteiger partial charge in [-0.2, -0.15) is 0 Å². The maximum atomic E-state index is 12.2. The fourth-order valence-electron chi connectivity index (χ4n) is 1.61. The molecule has 0 fully saturated rings. The molecule has 0 saturated heterocycles. The van der Waals surface area contributed by atoms with E-state index in [0.717, 1.165) is 10.5 Å². The van der Waals surface area contributed by atoms with Crippen LogP contribution < -0.4 is 5.32 Å². The number of hydrogen-bond acceptors (Lipinski definition) is 3. The highest BCUT2D eigenvalue weighted by molar-refractivity contribution is 5.94. The van der Waals surface area contributed by atoms with Crippen LogP contribution >= 0.6 is 0 Å². The monoisotopic (exact) mass is 255 g/mol. The Balaban J connectivity index is 2.94. The van der Waals surface area contributed by atoms with Crippen LogP contribution in [0.5, 0.6) is 5.75 Å². The summed E-state index contributed by atoms with van der Waals surface area (Å²) in [7, 11) is 0. The molecule has 0 saturated carbocycles. The van der Waals surface area contributed by atoms with Gasteiger partial charge in [-0.05, 0) is 38.5 Å². The molecule has 1 aromatic carbocycles. The Hall–Kier alpha value is -1.55. The van der Waals surface area contributed by atoms with Crippen molar-refractivity contribution in [1.29, 1.82) is 0 Å². The molecular formula is C14H22N2O2. The second-order valence-corrected chi connectivity index (χ2v) is 4.08. The number of phenols is 1. The molecule has 4 nitrogen and oxygen atoms in total. The lowest BCUT2D eigenvalue weighted by Crippen LogP contribution is -2.33. The summed E-state index contributed by atoms with van der Waals surface area (Å²) < 4.78 is 37.3. The molecule has 0 bridgehead atoms. The Morgan fingerprint density at radius 3 is 2.89 bits per heavy atom. The van der Waals surface area contributed by atoms with E-state index in [1.165, 1.54) is 6.07 Å². The molecule has 0 atom stereocenters. The first-order chi connectivity index (χ1) is 10.4. The standard InChI is InChI=1S/C14H22N2O2/c1-5-16(6-2)9-13(18)15-14-10(3)7-8-12(17)11(14)4/h7-8,17H,5-6,9H2,1-4H3,(H,15,18)/i1D3,5D2. The van der Waals surface area contributed by atoms with Crippen molar-refractivity contribution >= 4 is 11.6 Å². The molecule has 0 aliphatic heterocycles. The number of aryl methyl sites for hydroxylation is 1. The zero-order chi connectivity index (χ0) is 18.0. The molecule has 0 spiro atoms. The number of rotatable bonds is 5. The molecule has 1 amide bonds. The summed E-state index contributed by atoms with van der Waals surface area (Å²) in [4.78, 5) is 13.1. The van der Waals surface area contributed by atoms with Crippen LogP contribution in [-0.4, -0.2) is 35.5 Å². The van der Waals surface area contributed by atoms with Gasteiger partial charge in [-0.1, -0.05) is 19.8 Å². The smallest absolute Gasteiger partial charge is 0.238 e. The number of likely N-dealkylation sites (N-methyl/N-ethyl adjacent to an activating group) is 1. The van der Waals surface area contributed by atoms with Gasteiger partial charge in [-0.15, -0.1) is 0 Å². The van der Waals surface area contributed by atoms with Crippen molar-refractivity contribution in [3.05, 3.63) is 23.3 Å². The van der Waals surface area contributed by atoms with Crippen LogP contribution in [0.25, 0.3) is 0 Å². The highest BCUT2D eigenvalue weighted by Crippen LogP contribution is 2.27. The van der Waals surface area contributed by atoms with Crippen molar-refractivity contribution in [2.75, 3.05) is 24.9 Å². The summed E-state index contributed by atoms with van der Waals surface area (Å²) in [6.45, 7) is -0.810. The number of phenolic OH excluding ortho intramolecular Hbond substituents is 1. The summed E-state index contributed by atoms with van der Waals surface area (Å²) >= 11 is 0. The van der Waals surface area contributed by atoms with E-state index in [-0.39, 0.29) is 12.3 Å². The number of nitrogens with zero attached hydrogens (tertiary/aromatic N) is 1. The van der Waals surface area contributed by atoms with E-state index in [1.807, 2.05) is 0 Å². The lowest BCUT2D eigenvalue weighted by molar-refractivity contribution is -0.117. The van der Waals surface area contributed by atoms with Gasteiger partial charge in [-0.25, -0.2) is 0 Å². The van der Waals surface area contributed by atoms with Crippen molar-refractivity contribution in [2.45, 2.75) is 27.6 Å². The van der Waals surface area contributed by atoms with E-state index < -0.39 is 25.8 Å². The third kappa shape index (κ3) is 3.47. The zero-order valence-electron chi connectivity index (χ0n) is 15.9. The fourth-order valence-corrected chi connectivity index (χ4v) is 1.61. The minimum absolute atomic E-state index is 0.0380. The van der Waals surface area contributed by atoms with E-state index in [1.54, 1.807) is 26.8 Å². The lowest BCUT2D eigenvalue weighted by Gasteiger charge is -2.19. The van der Waals surface area contributed by atoms with Gasteiger partial charge in [0.15, 0.2) is 0 Å². The first-order valence-electron chi connectivity index (χ1n) is 8.26. The van der Waals surface area contributed by atoms with E-state index in [2.05, 4.69) is 5.32 Å². The van der Waals surface area contributed by atoms with Crippen LogP contribution in [0.1, 0.15) is 31.8 Å². The van der Waals surface area contributed by atoms with E-state index in [9.17, 15) is 9.90 Å². The van der Waals surface area contributed by atoms with Crippen LogP contribution in [0.2, 0.25) is 0 Å². The molecule has 0 radical (unpaired) electrons. The Bertz CT molecular complexity index is 587. The molecule has 0 heterocycles. The van der Waals surface area contributed by atoms with Gasteiger partial charge < -0.3 is 10.4 Å². The average Bonchev–Trinajstić information content (AvgIpc) is 2.43. The highest BCUT2D eigenvalue weighted by atomic mass is 16.3. The Morgan fingerprint density at radius 1 is 1.56 bits per heavy atom.